The van der Waals surface area contributed by atoms with E-state index in [1.165, 1.54) is 6.26 Å². The SMILES string of the molecule is O=C(c1ccco1)N1CCN(C(=S)Nc2ccccc2-c2ccccc2)CC1. The van der Waals surface area contributed by atoms with Crippen LogP contribution in [-0.2, 0) is 0 Å². The number of hydrogen-bond acceptors (Lipinski definition) is 3. The highest BCUT2D eigenvalue weighted by Crippen LogP contribution is 2.27. The van der Waals surface area contributed by atoms with E-state index in [9.17, 15) is 4.79 Å². The van der Waals surface area contributed by atoms with Crippen LogP contribution >= 0.6 is 12.2 Å². The Balaban J connectivity index is 1.40. The number of hydrogen-bond donors (Lipinski definition) is 1. The van der Waals surface area contributed by atoms with Crippen LogP contribution in [-0.4, -0.2) is 47.0 Å². The molecule has 1 saturated heterocycles. The van der Waals surface area contributed by atoms with Crippen molar-refractivity contribution >= 4 is 28.9 Å². The second kappa shape index (κ2) is 8.27. The lowest BCUT2D eigenvalue weighted by Gasteiger charge is -2.36. The van der Waals surface area contributed by atoms with E-state index in [1.807, 2.05) is 36.4 Å². The summed E-state index contributed by atoms with van der Waals surface area (Å²) in [7, 11) is 0. The van der Waals surface area contributed by atoms with Crippen molar-refractivity contribution < 1.29 is 9.21 Å². The van der Waals surface area contributed by atoms with E-state index in [0.717, 1.165) is 16.8 Å². The molecule has 28 heavy (non-hydrogen) atoms. The zero-order valence-electron chi connectivity index (χ0n) is 15.4. The van der Waals surface area contributed by atoms with E-state index in [2.05, 4.69) is 28.4 Å². The molecule has 1 aliphatic rings. The Morgan fingerprint density at radius 2 is 1.54 bits per heavy atom. The summed E-state index contributed by atoms with van der Waals surface area (Å²) in [5, 5.41) is 4.06. The van der Waals surface area contributed by atoms with Crippen molar-refractivity contribution in [3.8, 4) is 11.1 Å². The first-order valence-electron chi connectivity index (χ1n) is 9.25. The highest BCUT2D eigenvalue weighted by Gasteiger charge is 2.25. The first-order chi connectivity index (χ1) is 13.7. The van der Waals surface area contributed by atoms with Crippen LogP contribution in [0.25, 0.3) is 11.1 Å². The molecule has 2 heterocycles. The second-order valence-electron chi connectivity index (χ2n) is 6.60. The highest BCUT2D eigenvalue weighted by atomic mass is 32.1. The van der Waals surface area contributed by atoms with Crippen molar-refractivity contribution in [2.75, 3.05) is 31.5 Å². The first-order valence-corrected chi connectivity index (χ1v) is 9.66. The van der Waals surface area contributed by atoms with Gasteiger partial charge in [-0.1, -0.05) is 48.5 Å². The summed E-state index contributed by atoms with van der Waals surface area (Å²) < 4.78 is 5.21. The topological polar surface area (TPSA) is 48.7 Å². The minimum atomic E-state index is -0.0713. The Kier molecular flexibility index (Phi) is 5.39. The van der Waals surface area contributed by atoms with Crippen molar-refractivity contribution in [2.24, 2.45) is 0 Å². The molecule has 0 bridgehead atoms. The number of furan rings is 1. The van der Waals surface area contributed by atoms with Crippen LogP contribution in [0, 0.1) is 0 Å². The normalized spacial score (nSPS) is 14.0. The summed E-state index contributed by atoms with van der Waals surface area (Å²) in [4.78, 5) is 16.3. The van der Waals surface area contributed by atoms with Gasteiger partial charge in [0.05, 0.1) is 6.26 Å². The van der Waals surface area contributed by atoms with Crippen molar-refractivity contribution in [3.63, 3.8) is 0 Å². The largest absolute Gasteiger partial charge is 0.459 e. The maximum Gasteiger partial charge on any atom is 0.289 e. The number of nitrogens with one attached hydrogen (secondary N) is 1. The molecular weight excluding hydrogens is 370 g/mol. The standard InChI is InChI=1S/C22H21N3O2S/c26-21(20-11-6-16-27-20)24-12-14-25(15-13-24)22(28)23-19-10-5-4-9-18(19)17-7-2-1-3-8-17/h1-11,16H,12-15H2,(H,23,28). The van der Waals surface area contributed by atoms with Crippen LogP contribution in [0.3, 0.4) is 0 Å². The summed E-state index contributed by atoms with van der Waals surface area (Å²) in [6, 6.07) is 21.8. The number of nitrogens with zero attached hydrogens (tertiary/aromatic N) is 2. The lowest BCUT2D eigenvalue weighted by Crippen LogP contribution is -2.51. The third-order valence-corrected chi connectivity index (χ3v) is 5.20. The molecule has 0 unspecified atom stereocenters. The molecule has 1 amide bonds. The van der Waals surface area contributed by atoms with Gasteiger partial charge in [-0.15, -0.1) is 0 Å². The molecule has 142 valence electrons. The third-order valence-electron chi connectivity index (χ3n) is 4.84. The van der Waals surface area contributed by atoms with Crippen molar-refractivity contribution in [1.29, 1.82) is 0 Å². The van der Waals surface area contributed by atoms with Crippen molar-refractivity contribution in [3.05, 3.63) is 78.8 Å². The number of benzene rings is 2. The van der Waals surface area contributed by atoms with Gasteiger partial charge in [0.2, 0.25) is 0 Å². The number of carbonyl (C=O) groups is 1. The number of rotatable bonds is 3. The molecule has 3 aromatic rings. The van der Waals surface area contributed by atoms with E-state index < -0.39 is 0 Å². The molecule has 0 saturated carbocycles. The average molecular weight is 391 g/mol. The molecule has 1 aromatic heterocycles. The minimum absolute atomic E-state index is 0.0713. The summed E-state index contributed by atoms with van der Waals surface area (Å²) in [5.74, 6) is 0.309. The van der Waals surface area contributed by atoms with Crippen molar-refractivity contribution in [1.82, 2.24) is 9.80 Å². The van der Waals surface area contributed by atoms with E-state index in [4.69, 9.17) is 16.6 Å². The summed E-state index contributed by atoms with van der Waals surface area (Å²) in [6.07, 6.45) is 1.52. The zero-order valence-corrected chi connectivity index (χ0v) is 16.2. The van der Waals surface area contributed by atoms with Crippen LogP contribution in [0.5, 0.6) is 0 Å². The van der Waals surface area contributed by atoms with Gasteiger partial charge in [-0.3, -0.25) is 4.79 Å². The maximum absolute atomic E-state index is 12.4. The van der Waals surface area contributed by atoms with Gasteiger partial charge in [0.25, 0.3) is 5.91 Å². The monoisotopic (exact) mass is 391 g/mol. The Hall–Kier alpha value is -3.12. The molecule has 0 atom stereocenters. The van der Waals surface area contributed by atoms with Crippen LogP contribution in [0.4, 0.5) is 5.69 Å². The lowest BCUT2D eigenvalue weighted by atomic mass is 10.0. The van der Waals surface area contributed by atoms with Crippen LogP contribution in [0.15, 0.2) is 77.4 Å². The molecule has 0 aliphatic carbocycles. The molecule has 0 radical (unpaired) electrons. The number of anilines is 1. The number of thiocarbonyl (C=S) groups is 1. The van der Waals surface area contributed by atoms with Crippen LogP contribution in [0.1, 0.15) is 10.6 Å². The van der Waals surface area contributed by atoms with Gasteiger partial charge in [0.1, 0.15) is 0 Å². The average Bonchev–Trinajstić information content (AvgIpc) is 3.29. The molecule has 2 aromatic carbocycles. The fourth-order valence-corrected chi connectivity index (χ4v) is 3.62. The molecule has 0 spiro atoms. The predicted molar refractivity (Wildman–Crippen MR) is 114 cm³/mol. The Morgan fingerprint density at radius 3 is 2.25 bits per heavy atom. The van der Waals surface area contributed by atoms with E-state index in [-0.39, 0.29) is 5.91 Å². The number of piperazine rings is 1. The zero-order chi connectivity index (χ0) is 19.3. The molecular formula is C22H21N3O2S. The van der Waals surface area contributed by atoms with E-state index in [0.29, 0.717) is 37.1 Å². The summed E-state index contributed by atoms with van der Waals surface area (Å²) in [6.45, 7) is 2.60. The molecule has 6 heteroatoms. The van der Waals surface area contributed by atoms with Gasteiger partial charge >= 0.3 is 0 Å². The fourth-order valence-electron chi connectivity index (χ4n) is 3.32. The van der Waals surface area contributed by atoms with Gasteiger partial charge in [-0.25, -0.2) is 0 Å². The summed E-state index contributed by atoms with van der Waals surface area (Å²) >= 11 is 5.64. The number of carbonyl (C=O) groups excluding carboxylic acids is 1. The highest BCUT2D eigenvalue weighted by molar-refractivity contribution is 7.80. The van der Waals surface area contributed by atoms with Gasteiger partial charge < -0.3 is 19.5 Å². The quantitative estimate of drug-likeness (QED) is 0.681. The second-order valence-corrected chi connectivity index (χ2v) is 6.99. The van der Waals surface area contributed by atoms with Gasteiger partial charge in [0.15, 0.2) is 10.9 Å². The molecule has 1 N–H and O–H groups in total. The van der Waals surface area contributed by atoms with E-state index in [1.54, 1.807) is 17.0 Å². The van der Waals surface area contributed by atoms with Crippen LogP contribution < -0.4 is 5.32 Å². The first kappa shape index (κ1) is 18.3. The molecule has 1 aliphatic heterocycles. The van der Waals surface area contributed by atoms with Gasteiger partial charge in [0, 0.05) is 37.4 Å². The Bertz CT molecular complexity index is 949. The smallest absolute Gasteiger partial charge is 0.289 e. The summed E-state index contributed by atoms with van der Waals surface area (Å²) in [5.41, 5.74) is 3.23. The fraction of sp³-hybridized carbons (Fsp3) is 0.182. The predicted octanol–water partition coefficient (Wildman–Crippen LogP) is 4.10. The Morgan fingerprint density at radius 1 is 0.857 bits per heavy atom. The van der Waals surface area contributed by atoms with Crippen molar-refractivity contribution in [2.45, 2.75) is 0 Å². The third kappa shape index (κ3) is 3.92. The molecule has 1 fully saturated rings. The van der Waals surface area contributed by atoms with Gasteiger partial charge in [-0.2, -0.15) is 0 Å². The number of amides is 1. The van der Waals surface area contributed by atoms with E-state index >= 15 is 0 Å². The lowest BCUT2D eigenvalue weighted by molar-refractivity contribution is 0.0661. The Labute approximate surface area is 169 Å². The number of para-hydroxylation sites is 1. The molecule has 5 nitrogen and oxygen atoms in total. The van der Waals surface area contributed by atoms with Gasteiger partial charge in [-0.05, 0) is 36.0 Å². The van der Waals surface area contributed by atoms with Crippen LogP contribution in [0.2, 0.25) is 0 Å². The maximum atomic E-state index is 12.4. The minimum Gasteiger partial charge on any atom is -0.459 e. The molecule has 4 rings (SSSR count).